The van der Waals surface area contributed by atoms with Crippen LogP contribution in [0.15, 0.2) is 40.1 Å². The van der Waals surface area contributed by atoms with Gasteiger partial charge in [0.25, 0.3) is 5.91 Å². The molecule has 0 saturated heterocycles. The molecule has 0 atom stereocenters. The maximum atomic E-state index is 11.8. The number of thiazole rings is 1. The van der Waals surface area contributed by atoms with Crippen molar-refractivity contribution in [2.24, 2.45) is 0 Å². The van der Waals surface area contributed by atoms with Gasteiger partial charge in [-0.25, -0.2) is 13.4 Å². The summed E-state index contributed by atoms with van der Waals surface area (Å²) < 4.78 is 23.1. The lowest BCUT2D eigenvalue weighted by Crippen LogP contribution is -2.14. The Morgan fingerprint density at radius 3 is 2.67 bits per heavy atom. The average Bonchev–Trinajstić information content (AvgIpc) is 2.81. The molecule has 1 heterocycles. The van der Waals surface area contributed by atoms with Crippen molar-refractivity contribution in [2.45, 2.75) is 4.90 Å². The first-order valence-corrected chi connectivity index (χ1v) is 7.80. The molecule has 0 fully saturated rings. The molecule has 0 aliphatic rings. The Bertz CT molecular complexity index is 663. The first kappa shape index (κ1) is 12.7. The van der Waals surface area contributed by atoms with Crippen LogP contribution >= 0.6 is 11.3 Å². The predicted molar refractivity (Wildman–Crippen MR) is 69.6 cm³/mol. The number of hydrogen-bond acceptors (Lipinski definition) is 5. The minimum atomic E-state index is -3.38. The Balaban J connectivity index is 2.33. The van der Waals surface area contributed by atoms with E-state index in [0.717, 1.165) is 6.26 Å². The van der Waals surface area contributed by atoms with E-state index in [4.69, 9.17) is 0 Å². The van der Waals surface area contributed by atoms with Gasteiger partial charge in [0.1, 0.15) is 5.69 Å². The highest BCUT2D eigenvalue weighted by atomic mass is 32.2. The summed E-state index contributed by atoms with van der Waals surface area (Å²) in [6.07, 6.45) is 1.10. The number of aromatic nitrogens is 1. The van der Waals surface area contributed by atoms with Crippen molar-refractivity contribution in [1.29, 1.82) is 0 Å². The summed E-state index contributed by atoms with van der Waals surface area (Å²) in [5, 5.41) is 4.14. The van der Waals surface area contributed by atoms with E-state index in [0.29, 0.717) is 0 Å². The molecule has 1 aromatic heterocycles. The number of nitrogens with one attached hydrogen (secondary N) is 1. The minimum absolute atomic E-state index is 0.0913. The van der Waals surface area contributed by atoms with Crippen molar-refractivity contribution in [3.8, 4) is 0 Å². The molecular formula is C11H10N2O3S2. The lowest BCUT2D eigenvalue weighted by molar-refractivity contribution is 0.102. The molecule has 0 radical (unpaired) electrons. The standard InChI is InChI=1S/C11H10N2O3S2/c1-18(15,16)10-5-3-2-4-8(10)13-11(14)9-6-17-7-12-9/h2-7H,1H3,(H,13,14). The number of carbonyl (C=O) groups excluding carboxylic acids is 1. The zero-order chi connectivity index (χ0) is 13.2. The molecule has 2 aromatic rings. The summed E-state index contributed by atoms with van der Waals surface area (Å²) in [6.45, 7) is 0. The van der Waals surface area contributed by atoms with Gasteiger partial charge >= 0.3 is 0 Å². The Morgan fingerprint density at radius 1 is 1.33 bits per heavy atom. The van der Waals surface area contributed by atoms with Gasteiger partial charge in [-0.2, -0.15) is 0 Å². The van der Waals surface area contributed by atoms with Crippen LogP contribution in [0, 0.1) is 0 Å². The third-order valence-corrected chi connectivity index (χ3v) is 3.94. The van der Waals surface area contributed by atoms with Crippen molar-refractivity contribution in [2.75, 3.05) is 11.6 Å². The molecule has 94 valence electrons. The normalized spacial score (nSPS) is 11.2. The summed E-state index contributed by atoms with van der Waals surface area (Å²) in [6, 6.07) is 6.26. The van der Waals surface area contributed by atoms with Gasteiger partial charge in [0.05, 0.1) is 16.1 Å². The van der Waals surface area contributed by atoms with Gasteiger partial charge in [-0.3, -0.25) is 4.79 Å². The number of hydrogen-bond donors (Lipinski definition) is 1. The van der Waals surface area contributed by atoms with Crippen LogP contribution in [0.5, 0.6) is 0 Å². The van der Waals surface area contributed by atoms with E-state index in [1.165, 1.54) is 22.9 Å². The number of para-hydroxylation sites is 1. The van der Waals surface area contributed by atoms with Gasteiger partial charge < -0.3 is 5.32 Å². The Labute approximate surface area is 108 Å². The molecule has 0 saturated carbocycles. The minimum Gasteiger partial charge on any atom is -0.319 e. The molecule has 0 aliphatic carbocycles. The molecule has 1 N–H and O–H groups in total. The van der Waals surface area contributed by atoms with E-state index >= 15 is 0 Å². The number of rotatable bonds is 3. The first-order valence-electron chi connectivity index (χ1n) is 4.97. The molecule has 0 aliphatic heterocycles. The quantitative estimate of drug-likeness (QED) is 0.931. The third-order valence-electron chi connectivity index (χ3n) is 2.20. The topological polar surface area (TPSA) is 76.1 Å². The van der Waals surface area contributed by atoms with E-state index in [2.05, 4.69) is 10.3 Å². The largest absolute Gasteiger partial charge is 0.319 e. The zero-order valence-electron chi connectivity index (χ0n) is 9.45. The van der Waals surface area contributed by atoms with Gasteiger partial charge in [-0.15, -0.1) is 11.3 Å². The molecule has 2 rings (SSSR count). The first-order chi connectivity index (χ1) is 8.48. The highest BCUT2D eigenvalue weighted by molar-refractivity contribution is 7.90. The van der Waals surface area contributed by atoms with Crippen molar-refractivity contribution < 1.29 is 13.2 Å². The van der Waals surface area contributed by atoms with E-state index in [9.17, 15) is 13.2 Å². The fraction of sp³-hybridized carbons (Fsp3) is 0.0909. The van der Waals surface area contributed by atoms with Crippen LogP contribution in [0.2, 0.25) is 0 Å². The van der Waals surface area contributed by atoms with Crippen LogP contribution in [-0.2, 0) is 9.84 Å². The van der Waals surface area contributed by atoms with Crippen LogP contribution in [0.1, 0.15) is 10.5 Å². The Hall–Kier alpha value is -1.73. The van der Waals surface area contributed by atoms with E-state index < -0.39 is 15.7 Å². The smallest absolute Gasteiger partial charge is 0.275 e. The predicted octanol–water partition coefficient (Wildman–Crippen LogP) is 1.80. The monoisotopic (exact) mass is 282 g/mol. The van der Waals surface area contributed by atoms with Gasteiger partial charge in [0.15, 0.2) is 9.84 Å². The summed E-state index contributed by atoms with van der Waals surface area (Å²) in [5.74, 6) is -0.424. The Kier molecular flexibility index (Phi) is 3.44. The van der Waals surface area contributed by atoms with Crippen molar-refractivity contribution in [3.05, 3.63) is 40.8 Å². The molecular weight excluding hydrogens is 272 g/mol. The lowest BCUT2D eigenvalue weighted by atomic mass is 10.3. The van der Waals surface area contributed by atoms with Gasteiger partial charge in [0, 0.05) is 11.6 Å². The second-order valence-electron chi connectivity index (χ2n) is 3.60. The summed E-state index contributed by atoms with van der Waals surface area (Å²) >= 11 is 1.30. The fourth-order valence-corrected chi connectivity index (χ4v) is 2.78. The van der Waals surface area contributed by atoms with Crippen LogP contribution in [0.25, 0.3) is 0 Å². The number of amides is 1. The second kappa shape index (κ2) is 4.87. The van der Waals surface area contributed by atoms with Crippen molar-refractivity contribution in [1.82, 2.24) is 4.98 Å². The van der Waals surface area contributed by atoms with Gasteiger partial charge in [-0.1, -0.05) is 12.1 Å². The van der Waals surface area contributed by atoms with Crippen LogP contribution in [-0.4, -0.2) is 25.6 Å². The van der Waals surface area contributed by atoms with Crippen LogP contribution in [0.3, 0.4) is 0 Å². The number of benzene rings is 1. The summed E-state index contributed by atoms with van der Waals surface area (Å²) in [5.41, 5.74) is 2.07. The SMILES string of the molecule is CS(=O)(=O)c1ccccc1NC(=O)c1cscn1. The highest BCUT2D eigenvalue weighted by Gasteiger charge is 2.15. The molecule has 0 bridgehead atoms. The van der Waals surface area contributed by atoms with Crippen molar-refractivity contribution >= 4 is 32.8 Å². The van der Waals surface area contributed by atoms with E-state index in [1.807, 2.05) is 0 Å². The average molecular weight is 282 g/mol. The van der Waals surface area contributed by atoms with Gasteiger partial charge in [-0.05, 0) is 12.1 Å². The maximum absolute atomic E-state index is 11.8. The molecule has 1 amide bonds. The van der Waals surface area contributed by atoms with E-state index in [-0.39, 0.29) is 16.3 Å². The fourth-order valence-electron chi connectivity index (χ4n) is 1.40. The lowest BCUT2D eigenvalue weighted by Gasteiger charge is -2.08. The molecule has 0 spiro atoms. The molecule has 1 aromatic carbocycles. The zero-order valence-corrected chi connectivity index (χ0v) is 11.1. The molecule has 0 unspecified atom stereocenters. The number of carbonyl (C=O) groups is 1. The van der Waals surface area contributed by atoms with Crippen molar-refractivity contribution in [3.63, 3.8) is 0 Å². The van der Waals surface area contributed by atoms with Gasteiger partial charge in [0.2, 0.25) is 0 Å². The molecule has 18 heavy (non-hydrogen) atoms. The number of nitrogens with zero attached hydrogens (tertiary/aromatic N) is 1. The van der Waals surface area contributed by atoms with Crippen LogP contribution in [0.4, 0.5) is 5.69 Å². The van der Waals surface area contributed by atoms with E-state index in [1.54, 1.807) is 23.6 Å². The summed E-state index contributed by atoms with van der Waals surface area (Å²) in [7, 11) is -3.38. The summed E-state index contributed by atoms with van der Waals surface area (Å²) in [4.78, 5) is 15.7. The number of sulfone groups is 1. The maximum Gasteiger partial charge on any atom is 0.275 e. The molecule has 5 nitrogen and oxygen atoms in total. The van der Waals surface area contributed by atoms with Crippen LogP contribution < -0.4 is 5.32 Å². The third kappa shape index (κ3) is 2.74. The second-order valence-corrected chi connectivity index (χ2v) is 6.30. The highest BCUT2D eigenvalue weighted by Crippen LogP contribution is 2.21. The Morgan fingerprint density at radius 2 is 2.06 bits per heavy atom. The number of anilines is 1. The molecule has 7 heteroatoms.